The van der Waals surface area contributed by atoms with Crippen LogP contribution in [0.15, 0.2) is 18.7 Å². The predicted molar refractivity (Wildman–Crippen MR) is 84.7 cm³/mol. The summed E-state index contributed by atoms with van der Waals surface area (Å²) in [6.45, 7) is 2.56. The Labute approximate surface area is 130 Å². The Morgan fingerprint density at radius 3 is 2.95 bits per heavy atom. The van der Waals surface area contributed by atoms with Crippen LogP contribution < -0.4 is 4.90 Å². The Morgan fingerprint density at radius 2 is 2.27 bits per heavy atom. The van der Waals surface area contributed by atoms with Gasteiger partial charge in [0.05, 0.1) is 11.6 Å². The summed E-state index contributed by atoms with van der Waals surface area (Å²) >= 11 is 1.19. The second-order valence-corrected chi connectivity index (χ2v) is 6.02. The van der Waals surface area contributed by atoms with Gasteiger partial charge in [-0.2, -0.15) is 5.10 Å². The number of H-pyrrole nitrogens is 1. The number of rotatable bonds is 5. The van der Waals surface area contributed by atoms with Crippen molar-refractivity contribution in [1.29, 1.82) is 0 Å². The fourth-order valence-electron chi connectivity index (χ4n) is 2.36. The summed E-state index contributed by atoms with van der Waals surface area (Å²) in [7, 11) is 1.94. The molecule has 0 aliphatic heterocycles. The number of carbonyl (C=O) groups is 1. The molecule has 0 aliphatic carbocycles. The molecule has 0 saturated heterocycles. The topological polar surface area (TPSA) is 95.0 Å². The number of carboxylic acid groups (broad SMARTS) is 1. The van der Waals surface area contributed by atoms with Crippen LogP contribution in [0.25, 0.3) is 10.2 Å². The Bertz CT molecular complexity index is 812. The smallest absolute Gasteiger partial charge is 0.346 e. The van der Waals surface area contributed by atoms with Gasteiger partial charge < -0.3 is 10.0 Å². The van der Waals surface area contributed by atoms with Crippen molar-refractivity contribution in [3.8, 4) is 0 Å². The molecule has 3 aromatic heterocycles. The zero-order valence-electron chi connectivity index (χ0n) is 12.2. The minimum atomic E-state index is -0.924. The van der Waals surface area contributed by atoms with Crippen molar-refractivity contribution in [3.05, 3.63) is 34.7 Å². The predicted octanol–water partition coefficient (Wildman–Crippen LogP) is 2.10. The lowest BCUT2D eigenvalue weighted by Crippen LogP contribution is -2.21. The molecular weight excluding hydrogens is 302 g/mol. The van der Waals surface area contributed by atoms with Gasteiger partial charge in [0, 0.05) is 19.8 Å². The monoisotopic (exact) mass is 317 g/mol. The van der Waals surface area contributed by atoms with Crippen molar-refractivity contribution in [2.24, 2.45) is 0 Å². The summed E-state index contributed by atoms with van der Waals surface area (Å²) in [5.41, 5.74) is 1.84. The number of thiophene rings is 1. The highest BCUT2D eigenvalue weighted by Gasteiger charge is 2.20. The molecule has 3 rings (SSSR count). The number of anilines is 1. The highest BCUT2D eigenvalue weighted by molar-refractivity contribution is 7.20. The van der Waals surface area contributed by atoms with Crippen LogP contribution in [0.5, 0.6) is 0 Å². The summed E-state index contributed by atoms with van der Waals surface area (Å²) in [4.78, 5) is 22.9. The van der Waals surface area contributed by atoms with Gasteiger partial charge >= 0.3 is 5.97 Å². The maximum Gasteiger partial charge on any atom is 0.346 e. The third-order valence-corrected chi connectivity index (χ3v) is 4.74. The molecular formula is C14H15N5O2S. The van der Waals surface area contributed by atoms with E-state index in [1.807, 2.05) is 18.1 Å². The zero-order chi connectivity index (χ0) is 15.7. The van der Waals surface area contributed by atoms with Gasteiger partial charge in [-0.3, -0.25) is 5.10 Å². The van der Waals surface area contributed by atoms with E-state index in [0.29, 0.717) is 9.71 Å². The number of fused-ring (bicyclic) bond motifs is 1. The number of carboxylic acids is 1. The first kappa shape index (κ1) is 14.5. The lowest BCUT2D eigenvalue weighted by Gasteiger charge is -2.18. The number of aromatic amines is 1. The van der Waals surface area contributed by atoms with Gasteiger partial charge in [-0.1, -0.05) is 0 Å². The van der Waals surface area contributed by atoms with Gasteiger partial charge in [-0.15, -0.1) is 11.3 Å². The first-order chi connectivity index (χ1) is 10.6. The molecule has 7 nitrogen and oxygen atoms in total. The number of aromatic nitrogens is 4. The molecule has 0 atom stereocenters. The molecule has 0 radical (unpaired) electrons. The number of nitrogens with zero attached hydrogens (tertiary/aromatic N) is 4. The molecule has 0 unspecified atom stereocenters. The molecule has 0 fully saturated rings. The fraction of sp³-hybridized carbons (Fsp3) is 0.286. The number of aryl methyl sites for hydroxylation is 1. The highest BCUT2D eigenvalue weighted by Crippen LogP contribution is 2.34. The average molecular weight is 317 g/mol. The van der Waals surface area contributed by atoms with E-state index in [-0.39, 0.29) is 0 Å². The number of aromatic carboxylic acids is 1. The maximum absolute atomic E-state index is 11.3. The molecule has 3 aromatic rings. The third-order valence-electron chi connectivity index (χ3n) is 3.55. The van der Waals surface area contributed by atoms with Crippen LogP contribution in [-0.2, 0) is 6.42 Å². The van der Waals surface area contributed by atoms with Crippen LogP contribution >= 0.6 is 11.3 Å². The second-order valence-electron chi connectivity index (χ2n) is 5.02. The van der Waals surface area contributed by atoms with Crippen LogP contribution in [0.2, 0.25) is 0 Å². The molecule has 0 spiro atoms. The van der Waals surface area contributed by atoms with Gasteiger partial charge in [0.2, 0.25) is 0 Å². The van der Waals surface area contributed by atoms with Gasteiger partial charge in [-0.05, 0) is 24.5 Å². The van der Waals surface area contributed by atoms with Crippen molar-refractivity contribution in [1.82, 2.24) is 20.2 Å². The van der Waals surface area contributed by atoms with Crippen LogP contribution in [-0.4, -0.2) is 44.8 Å². The Balaban J connectivity index is 1.94. The van der Waals surface area contributed by atoms with Crippen molar-refractivity contribution >= 4 is 33.3 Å². The Kier molecular flexibility index (Phi) is 3.76. The van der Waals surface area contributed by atoms with Crippen LogP contribution in [0.4, 0.5) is 5.82 Å². The summed E-state index contributed by atoms with van der Waals surface area (Å²) in [5.74, 6) is -0.165. The van der Waals surface area contributed by atoms with Gasteiger partial charge in [0.15, 0.2) is 0 Å². The van der Waals surface area contributed by atoms with Crippen molar-refractivity contribution in [2.45, 2.75) is 13.3 Å². The summed E-state index contributed by atoms with van der Waals surface area (Å²) < 4.78 is 0. The van der Waals surface area contributed by atoms with Crippen molar-refractivity contribution in [3.63, 3.8) is 0 Å². The van der Waals surface area contributed by atoms with Gasteiger partial charge in [0.1, 0.15) is 21.9 Å². The number of hydrogen-bond acceptors (Lipinski definition) is 6. The van der Waals surface area contributed by atoms with E-state index in [0.717, 1.165) is 35.3 Å². The second kappa shape index (κ2) is 5.72. The normalized spacial score (nSPS) is 11.0. The molecule has 0 amide bonds. The minimum Gasteiger partial charge on any atom is -0.477 e. The number of likely N-dealkylation sites (N-methyl/N-ethyl adjacent to an activating group) is 1. The number of hydrogen-bond donors (Lipinski definition) is 2. The Hall–Kier alpha value is -2.48. The van der Waals surface area contributed by atoms with Crippen LogP contribution in [0, 0.1) is 6.92 Å². The number of nitrogens with one attached hydrogen (secondary N) is 1. The molecule has 22 heavy (non-hydrogen) atoms. The highest BCUT2D eigenvalue weighted by atomic mass is 32.1. The Morgan fingerprint density at radius 1 is 1.45 bits per heavy atom. The molecule has 3 heterocycles. The maximum atomic E-state index is 11.3. The molecule has 114 valence electrons. The quantitative estimate of drug-likeness (QED) is 0.748. The van der Waals surface area contributed by atoms with Gasteiger partial charge in [-0.25, -0.2) is 14.8 Å². The molecule has 0 aliphatic rings. The minimum absolute atomic E-state index is 0.319. The van der Waals surface area contributed by atoms with E-state index in [1.54, 1.807) is 13.1 Å². The zero-order valence-corrected chi connectivity index (χ0v) is 13.0. The van der Waals surface area contributed by atoms with Crippen LogP contribution in [0.3, 0.4) is 0 Å². The molecule has 2 N–H and O–H groups in total. The van der Waals surface area contributed by atoms with E-state index in [9.17, 15) is 9.90 Å². The van der Waals surface area contributed by atoms with Gasteiger partial charge in [0.25, 0.3) is 0 Å². The summed E-state index contributed by atoms with van der Waals surface area (Å²) in [6, 6.07) is 0. The first-order valence-electron chi connectivity index (χ1n) is 6.74. The molecule has 8 heteroatoms. The molecule has 0 bridgehead atoms. The SMILES string of the molecule is Cc1c(C(=O)O)sc2ncnc(N(C)CCc3cn[nH]c3)c12. The first-order valence-corrected chi connectivity index (χ1v) is 7.55. The van der Waals surface area contributed by atoms with E-state index < -0.39 is 5.97 Å². The summed E-state index contributed by atoms with van der Waals surface area (Å²) in [6.07, 6.45) is 5.96. The average Bonchev–Trinajstić information content (AvgIpc) is 3.12. The van der Waals surface area contributed by atoms with Crippen molar-refractivity contribution < 1.29 is 9.90 Å². The van der Waals surface area contributed by atoms with E-state index in [1.165, 1.54) is 17.7 Å². The fourth-order valence-corrected chi connectivity index (χ4v) is 3.35. The molecule has 0 aromatic carbocycles. The molecule has 0 saturated carbocycles. The van der Waals surface area contributed by atoms with Crippen LogP contribution in [0.1, 0.15) is 20.8 Å². The van der Waals surface area contributed by atoms with E-state index in [4.69, 9.17) is 0 Å². The van der Waals surface area contributed by atoms with E-state index >= 15 is 0 Å². The standard InChI is InChI=1S/C14H15N5O2S/c1-8-10-12(19(2)4-3-9-5-17-18-6-9)15-7-16-13(10)22-11(8)14(20)21/h5-7H,3-4H2,1-2H3,(H,17,18)(H,20,21). The summed E-state index contributed by atoms with van der Waals surface area (Å²) in [5, 5.41) is 16.8. The lowest BCUT2D eigenvalue weighted by atomic mass is 10.2. The lowest BCUT2D eigenvalue weighted by molar-refractivity contribution is 0.0701. The van der Waals surface area contributed by atoms with Crippen molar-refractivity contribution in [2.75, 3.05) is 18.5 Å². The van der Waals surface area contributed by atoms with E-state index in [2.05, 4.69) is 20.2 Å². The third kappa shape index (κ3) is 2.52. The largest absolute Gasteiger partial charge is 0.477 e.